The van der Waals surface area contributed by atoms with Crippen LogP contribution in [0, 0.1) is 0 Å². The van der Waals surface area contributed by atoms with E-state index in [1.54, 1.807) is 18.2 Å². The smallest absolute Gasteiger partial charge is 0.252 e. The number of fused-ring (bicyclic) bond motifs is 1. The largest absolute Gasteiger partial charge is 0.508 e. The van der Waals surface area contributed by atoms with Gasteiger partial charge in [-0.15, -0.1) is 0 Å². The molecular weight excluding hydrogens is 214 g/mol. The van der Waals surface area contributed by atoms with Crippen LogP contribution in [0.2, 0.25) is 0 Å². The van der Waals surface area contributed by atoms with E-state index in [4.69, 9.17) is 0 Å². The lowest BCUT2D eigenvalue weighted by Gasteiger charge is -2.12. The molecule has 0 aromatic heterocycles. The summed E-state index contributed by atoms with van der Waals surface area (Å²) in [6.45, 7) is 0. The van der Waals surface area contributed by atoms with E-state index < -0.39 is 0 Å². The minimum absolute atomic E-state index is 0.134. The minimum atomic E-state index is -0.250. The molecule has 3 heteroatoms. The van der Waals surface area contributed by atoms with Gasteiger partial charge < -0.3 is 10.4 Å². The molecule has 1 amide bonds. The molecule has 3 nitrogen and oxygen atoms in total. The van der Waals surface area contributed by atoms with Crippen LogP contribution in [0.4, 0.5) is 0 Å². The number of nitrogens with one attached hydrogen (secondary N) is 1. The molecule has 0 aliphatic carbocycles. The summed E-state index contributed by atoms with van der Waals surface area (Å²) in [6.07, 6.45) is 0. The first-order valence-corrected chi connectivity index (χ1v) is 5.45. The number of hydrogen-bond acceptors (Lipinski definition) is 2. The van der Waals surface area contributed by atoms with E-state index in [2.05, 4.69) is 5.32 Å². The van der Waals surface area contributed by atoms with Gasteiger partial charge in [-0.3, -0.25) is 4.79 Å². The zero-order valence-corrected chi connectivity index (χ0v) is 9.05. The van der Waals surface area contributed by atoms with Gasteiger partial charge in [0.2, 0.25) is 0 Å². The van der Waals surface area contributed by atoms with Gasteiger partial charge in [-0.25, -0.2) is 0 Å². The number of phenols is 1. The molecule has 0 spiro atoms. The van der Waals surface area contributed by atoms with Gasteiger partial charge in [0, 0.05) is 11.1 Å². The van der Waals surface area contributed by atoms with Crippen molar-refractivity contribution in [3.05, 3.63) is 65.2 Å². The second kappa shape index (κ2) is 3.63. The van der Waals surface area contributed by atoms with Crippen LogP contribution in [0.15, 0.2) is 48.5 Å². The highest BCUT2D eigenvalue weighted by molar-refractivity contribution is 6.00. The lowest BCUT2D eigenvalue weighted by atomic mass is 9.97. The first-order valence-electron chi connectivity index (χ1n) is 5.45. The van der Waals surface area contributed by atoms with Gasteiger partial charge in [0.25, 0.3) is 5.91 Å². The summed E-state index contributed by atoms with van der Waals surface area (Å²) in [5, 5.41) is 12.8. The Morgan fingerprint density at radius 3 is 2.53 bits per heavy atom. The Labute approximate surface area is 98.7 Å². The first-order chi connectivity index (χ1) is 8.27. The summed E-state index contributed by atoms with van der Waals surface area (Å²) in [5.74, 6) is 0.0273. The van der Waals surface area contributed by atoms with Gasteiger partial charge in [-0.2, -0.15) is 0 Å². The monoisotopic (exact) mass is 225 g/mol. The predicted molar refractivity (Wildman–Crippen MR) is 63.9 cm³/mol. The second-order valence-electron chi connectivity index (χ2n) is 4.06. The maximum Gasteiger partial charge on any atom is 0.252 e. The molecule has 2 aromatic rings. The molecule has 0 bridgehead atoms. The molecule has 3 rings (SSSR count). The average Bonchev–Trinajstić information content (AvgIpc) is 2.70. The Hall–Kier alpha value is -2.29. The molecule has 17 heavy (non-hydrogen) atoms. The molecule has 0 fully saturated rings. The molecule has 0 radical (unpaired) electrons. The van der Waals surface area contributed by atoms with Crippen molar-refractivity contribution in [3.63, 3.8) is 0 Å². The fraction of sp³-hybridized carbons (Fsp3) is 0.0714. The highest BCUT2D eigenvalue weighted by Gasteiger charge is 2.31. The van der Waals surface area contributed by atoms with Crippen molar-refractivity contribution in [1.82, 2.24) is 5.32 Å². The number of carbonyl (C=O) groups excluding carboxylic acids is 1. The molecule has 1 aliphatic rings. The lowest BCUT2D eigenvalue weighted by molar-refractivity contribution is 0.0960. The summed E-state index contributed by atoms with van der Waals surface area (Å²) >= 11 is 0. The third kappa shape index (κ3) is 1.47. The van der Waals surface area contributed by atoms with Crippen LogP contribution >= 0.6 is 0 Å². The van der Waals surface area contributed by atoms with Crippen LogP contribution in [0.25, 0.3) is 0 Å². The SMILES string of the molecule is O=C1NC(c2ccccc2)c2c(O)cccc21. The highest BCUT2D eigenvalue weighted by Crippen LogP contribution is 2.36. The van der Waals surface area contributed by atoms with E-state index in [-0.39, 0.29) is 17.7 Å². The van der Waals surface area contributed by atoms with E-state index in [1.165, 1.54) is 0 Å². The van der Waals surface area contributed by atoms with E-state index in [9.17, 15) is 9.90 Å². The van der Waals surface area contributed by atoms with Crippen LogP contribution < -0.4 is 5.32 Å². The molecule has 0 saturated carbocycles. The number of rotatable bonds is 1. The summed E-state index contributed by atoms with van der Waals surface area (Å²) in [5.41, 5.74) is 2.20. The molecule has 0 saturated heterocycles. The maximum atomic E-state index is 11.8. The summed E-state index contributed by atoms with van der Waals surface area (Å²) in [4.78, 5) is 11.8. The first kappa shape index (κ1) is 9.90. The molecular formula is C14H11NO2. The van der Waals surface area contributed by atoms with Crippen LogP contribution in [0.1, 0.15) is 27.5 Å². The molecule has 1 atom stereocenters. The standard InChI is InChI=1S/C14H11NO2/c16-11-8-4-7-10-12(11)13(15-14(10)17)9-5-2-1-3-6-9/h1-8,13,16H,(H,15,17). The molecule has 2 N–H and O–H groups in total. The predicted octanol–water partition coefficient (Wildman–Crippen LogP) is 2.23. The van der Waals surface area contributed by atoms with E-state index in [1.807, 2.05) is 30.3 Å². The third-order valence-electron chi connectivity index (χ3n) is 3.02. The Morgan fingerprint density at radius 1 is 1.00 bits per heavy atom. The summed E-state index contributed by atoms with van der Waals surface area (Å²) in [7, 11) is 0. The third-order valence-corrected chi connectivity index (χ3v) is 3.02. The number of phenolic OH excluding ortho intramolecular Hbond substituents is 1. The van der Waals surface area contributed by atoms with Crippen molar-refractivity contribution in [2.75, 3.05) is 0 Å². The van der Waals surface area contributed by atoms with Crippen LogP contribution in [0.3, 0.4) is 0 Å². The normalized spacial score (nSPS) is 17.6. The van der Waals surface area contributed by atoms with Crippen molar-refractivity contribution < 1.29 is 9.90 Å². The Morgan fingerprint density at radius 2 is 1.76 bits per heavy atom. The Kier molecular flexibility index (Phi) is 2.11. The Balaban J connectivity index is 2.16. The van der Waals surface area contributed by atoms with Crippen molar-refractivity contribution in [2.45, 2.75) is 6.04 Å². The van der Waals surface area contributed by atoms with Crippen LogP contribution in [0.5, 0.6) is 5.75 Å². The van der Waals surface area contributed by atoms with Crippen molar-refractivity contribution in [1.29, 1.82) is 0 Å². The maximum absolute atomic E-state index is 11.8. The van der Waals surface area contributed by atoms with Gasteiger partial charge in [0.15, 0.2) is 0 Å². The van der Waals surface area contributed by atoms with Gasteiger partial charge >= 0.3 is 0 Å². The number of carbonyl (C=O) groups is 1. The van der Waals surface area contributed by atoms with E-state index in [0.29, 0.717) is 11.1 Å². The van der Waals surface area contributed by atoms with Crippen LogP contribution in [-0.2, 0) is 0 Å². The molecule has 1 aliphatic heterocycles. The van der Waals surface area contributed by atoms with Crippen molar-refractivity contribution in [3.8, 4) is 5.75 Å². The fourth-order valence-electron chi connectivity index (χ4n) is 2.23. The lowest BCUT2D eigenvalue weighted by Crippen LogP contribution is -2.19. The zero-order chi connectivity index (χ0) is 11.8. The van der Waals surface area contributed by atoms with E-state index in [0.717, 1.165) is 5.56 Å². The molecule has 84 valence electrons. The number of hydrogen-bond donors (Lipinski definition) is 2. The molecule has 2 aromatic carbocycles. The Bertz CT molecular complexity index is 578. The fourth-order valence-corrected chi connectivity index (χ4v) is 2.23. The summed E-state index contributed by atoms with van der Waals surface area (Å²) in [6, 6.07) is 14.4. The minimum Gasteiger partial charge on any atom is -0.508 e. The second-order valence-corrected chi connectivity index (χ2v) is 4.06. The van der Waals surface area contributed by atoms with Gasteiger partial charge in [0.05, 0.1) is 6.04 Å². The average molecular weight is 225 g/mol. The quantitative estimate of drug-likeness (QED) is 0.781. The molecule has 1 heterocycles. The highest BCUT2D eigenvalue weighted by atomic mass is 16.3. The number of amides is 1. The number of aromatic hydroxyl groups is 1. The van der Waals surface area contributed by atoms with Gasteiger partial charge in [0.1, 0.15) is 5.75 Å². The van der Waals surface area contributed by atoms with Crippen molar-refractivity contribution >= 4 is 5.91 Å². The number of benzene rings is 2. The van der Waals surface area contributed by atoms with E-state index >= 15 is 0 Å². The zero-order valence-electron chi connectivity index (χ0n) is 9.05. The van der Waals surface area contributed by atoms with Gasteiger partial charge in [-0.05, 0) is 17.7 Å². The van der Waals surface area contributed by atoms with Crippen molar-refractivity contribution in [2.24, 2.45) is 0 Å². The van der Waals surface area contributed by atoms with Crippen LogP contribution in [-0.4, -0.2) is 11.0 Å². The molecule has 1 unspecified atom stereocenters. The summed E-state index contributed by atoms with van der Waals surface area (Å²) < 4.78 is 0. The topological polar surface area (TPSA) is 49.3 Å². The van der Waals surface area contributed by atoms with Gasteiger partial charge in [-0.1, -0.05) is 36.4 Å².